The summed E-state index contributed by atoms with van der Waals surface area (Å²) in [6.07, 6.45) is 2.97. The van der Waals surface area contributed by atoms with Gasteiger partial charge < -0.3 is 15.8 Å². The number of nitrogens with two attached hydrogens (primary N) is 1. The van der Waals surface area contributed by atoms with E-state index in [-0.39, 0.29) is 11.7 Å². The molecular weight excluding hydrogens is 484 g/mol. The number of benzene rings is 2. The van der Waals surface area contributed by atoms with Crippen LogP contribution in [0, 0.1) is 5.92 Å². The molecule has 0 aliphatic carbocycles. The Balaban J connectivity index is 1.49. The Hall–Kier alpha value is -3.20. The maximum absolute atomic E-state index is 13.1. The highest BCUT2D eigenvalue weighted by Crippen LogP contribution is 2.37. The average Bonchev–Trinajstić information content (AvgIpc) is 3.48. The van der Waals surface area contributed by atoms with Crippen molar-refractivity contribution in [2.24, 2.45) is 11.7 Å². The van der Waals surface area contributed by atoms with Crippen LogP contribution < -0.4 is 15.8 Å². The monoisotopic (exact) mass is 508 g/mol. The summed E-state index contributed by atoms with van der Waals surface area (Å²) in [5, 5.41) is 4.60. The van der Waals surface area contributed by atoms with Crippen molar-refractivity contribution in [2.75, 3.05) is 13.1 Å². The fourth-order valence-corrected chi connectivity index (χ4v) is 5.67. The fourth-order valence-electron chi connectivity index (χ4n) is 4.46. The third-order valence-corrected chi connectivity index (χ3v) is 7.81. The van der Waals surface area contributed by atoms with E-state index in [0.717, 1.165) is 42.5 Å². The van der Waals surface area contributed by atoms with Crippen molar-refractivity contribution in [2.45, 2.75) is 25.9 Å². The number of piperidine rings is 1. The van der Waals surface area contributed by atoms with Crippen LogP contribution in [0.5, 0.6) is 5.75 Å². The number of imidazole rings is 1. The lowest BCUT2D eigenvalue weighted by molar-refractivity contribution is 0.0894. The highest BCUT2D eigenvalue weighted by Gasteiger charge is 2.24. The number of aromatic nitrogens is 2. The topological polar surface area (TPSA) is 99.2 Å². The van der Waals surface area contributed by atoms with Gasteiger partial charge in [0.1, 0.15) is 28.1 Å². The van der Waals surface area contributed by atoms with Crippen molar-refractivity contribution in [1.29, 1.82) is 0 Å². The van der Waals surface area contributed by atoms with Gasteiger partial charge in [0.25, 0.3) is 5.91 Å². The molecule has 2 aromatic carbocycles. The lowest BCUT2D eigenvalue weighted by atomic mass is 9.89. The fraction of sp³-hybridized carbons (Fsp3) is 0.269. The van der Waals surface area contributed by atoms with Gasteiger partial charge in [0.05, 0.1) is 11.0 Å². The van der Waals surface area contributed by atoms with E-state index in [9.17, 15) is 9.59 Å². The first-order valence-corrected chi connectivity index (χ1v) is 12.7. The van der Waals surface area contributed by atoms with Gasteiger partial charge in [-0.05, 0) is 57.1 Å². The minimum absolute atomic E-state index is 0.0274. The Labute approximate surface area is 211 Å². The molecule has 1 aliphatic rings. The number of hydrogen-bond donors (Lipinski definition) is 2. The van der Waals surface area contributed by atoms with Crippen LogP contribution in [0.1, 0.15) is 51.5 Å². The Bertz CT molecular complexity index is 1410. The smallest absolute Gasteiger partial charge is 0.262 e. The van der Waals surface area contributed by atoms with Gasteiger partial charge in [-0.1, -0.05) is 29.8 Å². The van der Waals surface area contributed by atoms with E-state index in [2.05, 4.69) is 10.3 Å². The summed E-state index contributed by atoms with van der Waals surface area (Å²) in [5.74, 6) is -0.00942. The van der Waals surface area contributed by atoms with Crippen molar-refractivity contribution >= 4 is 45.7 Å². The minimum atomic E-state index is -0.575. The molecule has 4 aromatic rings. The van der Waals surface area contributed by atoms with Gasteiger partial charge in [-0.3, -0.25) is 14.2 Å². The van der Waals surface area contributed by atoms with Crippen molar-refractivity contribution in [1.82, 2.24) is 14.9 Å². The molecule has 1 saturated heterocycles. The molecule has 0 saturated carbocycles. The maximum atomic E-state index is 13.1. The van der Waals surface area contributed by atoms with Gasteiger partial charge in [-0.25, -0.2) is 4.98 Å². The molecule has 1 aliphatic heterocycles. The lowest BCUT2D eigenvalue weighted by Crippen LogP contribution is -2.31. The molecule has 1 atom stereocenters. The number of rotatable bonds is 7. The van der Waals surface area contributed by atoms with Crippen LogP contribution >= 0.6 is 22.9 Å². The summed E-state index contributed by atoms with van der Waals surface area (Å²) >= 11 is 7.54. The van der Waals surface area contributed by atoms with Crippen molar-refractivity contribution in [3.05, 3.63) is 75.9 Å². The Morgan fingerprint density at radius 1 is 1.20 bits per heavy atom. The van der Waals surface area contributed by atoms with Crippen LogP contribution in [0.25, 0.3) is 16.0 Å². The van der Waals surface area contributed by atoms with E-state index in [0.29, 0.717) is 26.2 Å². The zero-order valence-electron chi connectivity index (χ0n) is 19.2. The second-order valence-corrected chi connectivity index (χ2v) is 10.1. The van der Waals surface area contributed by atoms with Crippen LogP contribution in [0.4, 0.5) is 0 Å². The number of hydrogen-bond acceptors (Lipinski definition) is 6. The molecular formula is C26H25ClN4O3S. The molecule has 1 amide bonds. The quantitative estimate of drug-likeness (QED) is 0.336. The van der Waals surface area contributed by atoms with E-state index in [4.69, 9.17) is 22.1 Å². The molecule has 2 aromatic heterocycles. The maximum Gasteiger partial charge on any atom is 0.262 e. The first kappa shape index (κ1) is 23.5. The van der Waals surface area contributed by atoms with Crippen molar-refractivity contribution in [3.63, 3.8) is 0 Å². The molecule has 0 unspecified atom stereocenters. The molecule has 180 valence electrons. The predicted molar refractivity (Wildman–Crippen MR) is 138 cm³/mol. The molecule has 3 N–H and O–H groups in total. The van der Waals surface area contributed by atoms with Crippen LogP contribution in [-0.4, -0.2) is 34.3 Å². The van der Waals surface area contributed by atoms with Gasteiger partial charge in [-0.2, -0.15) is 0 Å². The Morgan fingerprint density at radius 2 is 1.97 bits per heavy atom. The number of Topliss-reactive ketones (excluding diaryl/α,β-unsaturated/α-hetero) is 1. The minimum Gasteiger partial charge on any atom is -0.484 e. The summed E-state index contributed by atoms with van der Waals surface area (Å²) in [6.45, 7) is 3.59. The Morgan fingerprint density at radius 3 is 2.71 bits per heavy atom. The number of carbonyl (C=O) groups excluding carboxylic acids is 2. The molecule has 7 nitrogen and oxygen atoms in total. The van der Waals surface area contributed by atoms with Gasteiger partial charge in [0, 0.05) is 28.1 Å². The summed E-state index contributed by atoms with van der Waals surface area (Å²) in [4.78, 5) is 30.1. The van der Waals surface area contributed by atoms with E-state index < -0.39 is 12.0 Å². The van der Waals surface area contributed by atoms with Crippen LogP contribution in [-0.2, 0) is 0 Å². The number of fused-ring (bicyclic) bond motifs is 1. The highest BCUT2D eigenvalue weighted by molar-refractivity contribution is 7.16. The van der Waals surface area contributed by atoms with Gasteiger partial charge in [-0.15, -0.1) is 11.3 Å². The average molecular weight is 509 g/mol. The number of amides is 1. The SMILES string of the molecule is C[C@@H](Oc1cc(-n2cnc3ccc(C(=O)C4CCNCC4)cc32)sc1C(N)=O)c1ccccc1Cl. The predicted octanol–water partition coefficient (Wildman–Crippen LogP) is 5.16. The van der Waals surface area contributed by atoms with E-state index in [1.807, 2.05) is 47.9 Å². The zero-order chi connectivity index (χ0) is 24.5. The zero-order valence-corrected chi connectivity index (χ0v) is 20.7. The third kappa shape index (κ3) is 4.69. The Kier molecular flexibility index (Phi) is 6.60. The number of ether oxygens (including phenoxy) is 1. The molecule has 0 bridgehead atoms. The molecule has 1 fully saturated rings. The number of thiophene rings is 1. The molecule has 0 radical (unpaired) electrons. The number of nitrogens with one attached hydrogen (secondary N) is 1. The molecule has 9 heteroatoms. The number of primary amides is 1. The highest BCUT2D eigenvalue weighted by atomic mass is 35.5. The molecule has 3 heterocycles. The third-order valence-electron chi connectivity index (χ3n) is 6.33. The van der Waals surface area contributed by atoms with Crippen LogP contribution in [0.2, 0.25) is 5.02 Å². The van der Waals surface area contributed by atoms with Gasteiger partial charge >= 0.3 is 0 Å². The van der Waals surface area contributed by atoms with Gasteiger partial charge in [0.2, 0.25) is 0 Å². The lowest BCUT2D eigenvalue weighted by Gasteiger charge is -2.21. The summed E-state index contributed by atoms with van der Waals surface area (Å²) in [5.41, 5.74) is 8.70. The number of ketones is 1. The summed E-state index contributed by atoms with van der Waals surface area (Å²) in [6, 6.07) is 14.8. The second-order valence-electron chi connectivity index (χ2n) is 8.63. The standard InChI is InChI=1S/C26H25ClN4O3S/c1-15(18-4-2-3-5-19(18)27)34-22-13-23(35-25(22)26(28)33)31-14-30-20-7-6-17(12-21(20)31)24(32)16-8-10-29-11-9-16/h2-7,12-16,29H,8-11H2,1H3,(H2,28,33)/t15-/m1/s1. The van der Waals surface area contributed by atoms with E-state index in [1.165, 1.54) is 11.3 Å². The largest absolute Gasteiger partial charge is 0.484 e. The number of halogens is 1. The first-order valence-electron chi connectivity index (χ1n) is 11.5. The van der Waals surface area contributed by atoms with Crippen LogP contribution in [0.3, 0.4) is 0 Å². The van der Waals surface area contributed by atoms with Gasteiger partial charge in [0.15, 0.2) is 5.78 Å². The molecule has 0 spiro atoms. The van der Waals surface area contributed by atoms with Crippen LogP contribution in [0.15, 0.2) is 54.9 Å². The van der Waals surface area contributed by atoms with Crippen molar-refractivity contribution < 1.29 is 14.3 Å². The first-order chi connectivity index (χ1) is 16.9. The summed E-state index contributed by atoms with van der Waals surface area (Å²) in [7, 11) is 0. The molecule has 35 heavy (non-hydrogen) atoms. The number of carbonyl (C=O) groups is 2. The summed E-state index contributed by atoms with van der Waals surface area (Å²) < 4.78 is 8.00. The van der Waals surface area contributed by atoms with E-state index >= 15 is 0 Å². The number of nitrogens with zero attached hydrogens (tertiary/aromatic N) is 2. The normalized spacial score (nSPS) is 15.3. The second kappa shape index (κ2) is 9.81. The molecule has 5 rings (SSSR count). The van der Waals surface area contributed by atoms with Crippen molar-refractivity contribution in [3.8, 4) is 10.8 Å². The van der Waals surface area contributed by atoms with E-state index in [1.54, 1.807) is 18.5 Å².